The van der Waals surface area contributed by atoms with Gasteiger partial charge in [0, 0.05) is 17.8 Å². The standard InChI is InChI=1S/C18H23FN10S2.Cu/c1-12(22-26-17(30)20-3)13(2)23-27-18(31)25-21-10-14-4-6-15(7-5-14)16-11-29(9-8-19)28-24-16;/h4-7,10-11H,8-9H2,1-3H3,(H2,20,26,30)(H2,25,27,31);/q;+2/p-2/b21-10+,22-12+,23-13+;/i;1+0. The molecular formula is C18H21CuFN10S2. The van der Waals surface area contributed by atoms with Crippen LogP contribution in [0.2, 0.25) is 0 Å². The van der Waals surface area contributed by atoms with Crippen molar-refractivity contribution in [1.29, 1.82) is 0 Å². The van der Waals surface area contributed by atoms with E-state index < -0.39 is 6.67 Å². The zero-order valence-corrected chi connectivity index (χ0v) is 20.0. The molecular weight excluding hydrogens is 503 g/mol. The Morgan fingerprint density at radius 1 is 1.09 bits per heavy atom. The third-order valence-corrected chi connectivity index (χ3v) is 4.22. The number of rotatable bonds is 8. The number of aromatic nitrogens is 3. The maximum atomic E-state index is 12.4. The van der Waals surface area contributed by atoms with Gasteiger partial charge in [-0.2, -0.15) is 20.4 Å². The summed E-state index contributed by atoms with van der Waals surface area (Å²) < 4.78 is 13.8. The predicted molar refractivity (Wildman–Crippen MR) is 127 cm³/mol. The number of halogens is 1. The number of hydrogen-bond donors (Lipinski definition) is 2. The van der Waals surface area contributed by atoms with Gasteiger partial charge in [0.05, 0.1) is 30.4 Å². The van der Waals surface area contributed by atoms with Crippen LogP contribution in [0.1, 0.15) is 19.4 Å². The second kappa shape index (κ2) is 14.3. The van der Waals surface area contributed by atoms with Crippen molar-refractivity contribution in [2.45, 2.75) is 20.4 Å². The van der Waals surface area contributed by atoms with E-state index in [0.29, 0.717) is 17.1 Å². The smallest absolute Gasteiger partial charge is 0.741 e. The van der Waals surface area contributed by atoms with Gasteiger partial charge in [0.25, 0.3) is 0 Å². The molecule has 0 atom stereocenters. The van der Waals surface area contributed by atoms with Crippen molar-refractivity contribution in [2.75, 3.05) is 13.7 Å². The number of hydrazone groups is 2. The Morgan fingerprint density at radius 2 is 1.81 bits per heavy atom. The summed E-state index contributed by atoms with van der Waals surface area (Å²) in [5.74, 6) is 0. The first-order valence-corrected chi connectivity index (χ1v) is 9.84. The first kappa shape index (κ1) is 27.2. The van der Waals surface area contributed by atoms with E-state index in [4.69, 9.17) is 25.3 Å². The molecule has 1 aromatic heterocycles. The quantitative estimate of drug-likeness (QED) is 0.178. The molecule has 0 saturated carbocycles. The molecule has 1 heterocycles. The van der Waals surface area contributed by atoms with E-state index in [-0.39, 0.29) is 33.9 Å². The Balaban J connectivity index is 0.00000512. The van der Waals surface area contributed by atoms with E-state index in [0.717, 1.165) is 11.1 Å². The van der Waals surface area contributed by atoms with Crippen LogP contribution in [0.15, 0.2) is 55.9 Å². The van der Waals surface area contributed by atoms with Gasteiger partial charge in [-0.05, 0) is 24.6 Å². The van der Waals surface area contributed by atoms with Crippen LogP contribution in [0.25, 0.3) is 11.3 Å². The Hall–Kier alpha value is -2.80. The fourth-order valence-corrected chi connectivity index (χ4v) is 2.15. The Labute approximate surface area is 206 Å². The molecule has 14 heteroatoms. The third-order valence-electron chi connectivity index (χ3n) is 3.77. The zero-order valence-electron chi connectivity index (χ0n) is 17.5. The summed E-state index contributed by atoms with van der Waals surface area (Å²) >= 11 is 9.96. The van der Waals surface area contributed by atoms with Crippen LogP contribution in [-0.2, 0) is 48.9 Å². The summed E-state index contributed by atoms with van der Waals surface area (Å²) in [7, 11) is 1.57. The van der Waals surface area contributed by atoms with Crippen LogP contribution in [0.4, 0.5) is 4.39 Å². The molecule has 0 spiro atoms. The van der Waals surface area contributed by atoms with Crippen LogP contribution in [0, 0.1) is 0 Å². The first-order chi connectivity index (χ1) is 14.9. The molecule has 2 N–H and O–H groups in total. The van der Waals surface area contributed by atoms with Crippen molar-refractivity contribution in [3.63, 3.8) is 0 Å². The number of benzene rings is 1. The maximum absolute atomic E-state index is 12.4. The minimum absolute atomic E-state index is 0. The summed E-state index contributed by atoms with van der Waals surface area (Å²) in [5.41, 5.74) is 8.75. The molecule has 0 unspecified atom stereocenters. The number of nitrogens with one attached hydrogen (secondary N) is 2. The molecule has 10 nitrogen and oxygen atoms in total. The minimum Gasteiger partial charge on any atom is -0.741 e. The molecule has 2 aromatic rings. The van der Waals surface area contributed by atoms with Crippen molar-refractivity contribution in [3.05, 3.63) is 36.0 Å². The van der Waals surface area contributed by atoms with E-state index in [2.05, 4.69) is 46.6 Å². The molecule has 0 aliphatic heterocycles. The average Bonchev–Trinajstić information content (AvgIpc) is 3.24. The van der Waals surface area contributed by atoms with Gasteiger partial charge < -0.3 is 25.3 Å². The number of aliphatic imine (C=N–C) groups is 1. The largest absolute Gasteiger partial charge is 2.00 e. The molecule has 0 fully saturated rings. The van der Waals surface area contributed by atoms with Crippen LogP contribution >= 0.6 is 0 Å². The van der Waals surface area contributed by atoms with E-state index >= 15 is 0 Å². The van der Waals surface area contributed by atoms with Gasteiger partial charge in [0.1, 0.15) is 12.4 Å². The molecule has 0 amide bonds. The van der Waals surface area contributed by atoms with Gasteiger partial charge in [0.15, 0.2) is 0 Å². The van der Waals surface area contributed by atoms with Gasteiger partial charge in [-0.25, -0.2) is 9.07 Å². The van der Waals surface area contributed by atoms with Gasteiger partial charge in [-0.1, -0.05) is 29.5 Å². The molecule has 0 aliphatic carbocycles. The summed E-state index contributed by atoms with van der Waals surface area (Å²) in [6.45, 7) is 3.18. The van der Waals surface area contributed by atoms with E-state index in [1.54, 1.807) is 33.3 Å². The van der Waals surface area contributed by atoms with Crippen molar-refractivity contribution >= 4 is 53.2 Å². The number of nitrogens with zero attached hydrogens (tertiary/aromatic N) is 8. The molecule has 0 saturated heterocycles. The summed E-state index contributed by atoms with van der Waals surface area (Å²) in [6, 6.07) is 7.46. The van der Waals surface area contributed by atoms with Gasteiger partial charge in [0.2, 0.25) is 0 Å². The number of alkyl halides is 1. The third kappa shape index (κ3) is 9.14. The molecule has 0 aliphatic rings. The first-order valence-electron chi connectivity index (χ1n) is 9.02. The summed E-state index contributed by atoms with van der Waals surface area (Å²) in [5, 5.41) is 24.2. The monoisotopic (exact) mass is 524 g/mol. The average molecular weight is 524 g/mol. The molecule has 2 rings (SSSR count). The molecule has 1 aromatic carbocycles. The molecule has 1 radical (unpaired) electrons. The van der Waals surface area contributed by atoms with E-state index in [1.807, 2.05) is 24.3 Å². The van der Waals surface area contributed by atoms with Crippen LogP contribution in [-0.4, -0.2) is 56.7 Å². The summed E-state index contributed by atoms with van der Waals surface area (Å²) in [4.78, 5) is 3.76. The van der Waals surface area contributed by atoms with Crippen molar-refractivity contribution < 1.29 is 21.5 Å². The topological polar surface area (TPSA) is 117 Å². The maximum Gasteiger partial charge on any atom is 2.00 e. The number of hydrogen-bond acceptors (Lipinski definition) is 9. The van der Waals surface area contributed by atoms with E-state index in [9.17, 15) is 4.39 Å². The van der Waals surface area contributed by atoms with Crippen LogP contribution in [0.5, 0.6) is 0 Å². The van der Waals surface area contributed by atoms with Crippen molar-refractivity contribution in [3.8, 4) is 11.3 Å². The predicted octanol–water partition coefficient (Wildman–Crippen LogP) is 1.61. The Bertz CT molecular complexity index is 1020. The Morgan fingerprint density at radius 3 is 2.47 bits per heavy atom. The van der Waals surface area contributed by atoms with Crippen LogP contribution < -0.4 is 10.9 Å². The van der Waals surface area contributed by atoms with E-state index in [1.165, 1.54) is 4.68 Å². The van der Waals surface area contributed by atoms with Gasteiger partial charge in [-0.15, -0.1) is 5.10 Å². The fourth-order valence-electron chi connectivity index (χ4n) is 2.01. The van der Waals surface area contributed by atoms with Gasteiger partial charge >= 0.3 is 17.1 Å². The minimum atomic E-state index is -0.487. The molecule has 0 bridgehead atoms. The Kier molecular flexibility index (Phi) is 12.2. The van der Waals surface area contributed by atoms with Gasteiger partial charge in [-0.3, -0.25) is 15.8 Å². The number of amidine groups is 2. The SMILES string of the molecule is CN=C([S-])N/N=C(C)/C(C)=N/N=C(\[S-])N/N=C/c1ccc(-c2cn(CCF)nn2)cc1.[64Cu+2]. The molecule has 32 heavy (non-hydrogen) atoms. The second-order valence-corrected chi connectivity index (χ2v) is 6.75. The van der Waals surface area contributed by atoms with Crippen LogP contribution in [0.3, 0.4) is 0 Å². The fraction of sp³-hybridized carbons (Fsp3) is 0.278. The second-order valence-electron chi connectivity index (χ2n) is 5.98. The summed E-state index contributed by atoms with van der Waals surface area (Å²) in [6.07, 6.45) is 3.29. The van der Waals surface area contributed by atoms with Crippen molar-refractivity contribution in [2.24, 2.45) is 25.4 Å². The normalized spacial score (nSPS) is 13.2. The molecule has 173 valence electrons. The number of aryl methyl sites for hydroxylation is 1. The van der Waals surface area contributed by atoms with Crippen molar-refractivity contribution in [1.82, 2.24) is 25.8 Å². The zero-order chi connectivity index (χ0) is 22.6.